The van der Waals surface area contributed by atoms with Gasteiger partial charge in [-0.25, -0.2) is 0 Å². The van der Waals surface area contributed by atoms with Gasteiger partial charge in [-0.15, -0.1) is 0 Å². The Hall–Kier alpha value is -2.48. The van der Waals surface area contributed by atoms with Crippen LogP contribution in [-0.4, -0.2) is 5.60 Å². The Labute approximate surface area is 135 Å². The molecule has 2 aliphatic rings. The molecule has 114 valence electrons. The lowest BCUT2D eigenvalue weighted by atomic mass is 9.76. The molecule has 0 N–H and O–H groups in total. The van der Waals surface area contributed by atoms with Crippen LogP contribution in [0.1, 0.15) is 37.0 Å². The van der Waals surface area contributed by atoms with E-state index >= 15 is 0 Å². The molecule has 0 saturated heterocycles. The van der Waals surface area contributed by atoms with Crippen LogP contribution in [-0.2, 0) is 0 Å². The minimum Gasteiger partial charge on any atom is -0.487 e. The first-order valence-electron chi connectivity index (χ1n) is 8.11. The van der Waals surface area contributed by atoms with Crippen LogP contribution >= 0.6 is 0 Å². The molecule has 0 amide bonds. The second-order valence-electron chi connectivity index (χ2n) is 6.96. The van der Waals surface area contributed by atoms with Crippen LogP contribution in [0.5, 0.6) is 11.5 Å². The van der Waals surface area contributed by atoms with Gasteiger partial charge in [0, 0.05) is 11.1 Å². The van der Waals surface area contributed by atoms with Crippen LogP contribution in [0.15, 0.2) is 60.7 Å². The smallest absolute Gasteiger partial charge is 0.138 e. The predicted octanol–water partition coefficient (Wildman–Crippen LogP) is 5.23. The van der Waals surface area contributed by atoms with E-state index < -0.39 is 0 Å². The largest absolute Gasteiger partial charge is 0.487 e. The Morgan fingerprint density at radius 3 is 2.52 bits per heavy atom. The normalized spacial score (nSPS) is 23.4. The maximum Gasteiger partial charge on any atom is 0.138 e. The number of benzene rings is 3. The number of rotatable bonds is 0. The fourth-order valence-electron chi connectivity index (χ4n) is 4.17. The van der Waals surface area contributed by atoms with Crippen LogP contribution in [0.2, 0.25) is 0 Å². The molecule has 0 aromatic heterocycles. The van der Waals surface area contributed by atoms with Gasteiger partial charge < -0.3 is 9.47 Å². The number of hydrogen-bond acceptors (Lipinski definition) is 2. The summed E-state index contributed by atoms with van der Waals surface area (Å²) in [6.07, 6.45) is 0.0238. The van der Waals surface area contributed by atoms with Crippen molar-refractivity contribution in [3.63, 3.8) is 0 Å². The fourth-order valence-corrected chi connectivity index (χ4v) is 4.17. The van der Waals surface area contributed by atoms with Crippen molar-refractivity contribution in [1.29, 1.82) is 0 Å². The summed E-state index contributed by atoms with van der Waals surface area (Å²) >= 11 is 0. The number of ether oxygens (including phenoxy) is 2. The molecule has 3 aromatic carbocycles. The molecule has 0 aliphatic carbocycles. The van der Waals surface area contributed by atoms with E-state index in [1.165, 1.54) is 16.3 Å². The highest BCUT2D eigenvalue weighted by molar-refractivity contribution is 5.89. The molecule has 23 heavy (non-hydrogen) atoms. The van der Waals surface area contributed by atoms with Crippen molar-refractivity contribution >= 4 is 10.8 Å². The van der Waals surface area contributed by atoms with Crippen LogP contribution < -0.4 is 9.47 Å². The van der Waals surface area contributed by atoms with Crippen LogP contribution in [0.3, 0.4) is 0 Å². The topological polar surface area (TPSA) is 18.5 Å². The molecular weight excluding hydrogens is 284 g/mol. The molecule has 2 aliphatic heterocycles. The molecule has 3 aromatic rings. The second-order valence-corrected chi connectivity index (χ2v) is 6.96. The van der Waals surface area contributed by atoms with Gasteiger partial charge in [0.1, 0.15) is 23.2 Å². The highest BCUT2D eigenvalue weighted by Gasteiger charge is 2.51. The molecule has 0 radical (unpaired) electrons. The van der Waals surface area contributed by atoms with Gasteiger partial charge in [0.05, 0.1) is 5.92 Å². The van der Waals surface area contributed by atoms with E-state index in [1.54, 1.807) is 0 Å². The number of hydrogen-bond donors (Lipinski definition) is 0. The molecule has 5 rings (SSSR count). The SMILES string of the molecule is CC1(C)Oc2ccccc2[C@H]2Oc3ccc4ccccc4c3[C@H]21. The predicted molar refractivity (Wildman–Crippen MR) is 91.2 cm³/mol. The Kier molecular flexibility index (Phi) is 2.42. The minimum atomic E-state index is -0.311. The van der Waals surface area contributed by atoms with E-state index in [9.17, 15) is 0 Å². The van der Waals surface area contributed by atoms with Crippen molar-refractivity contribution in [3.8, 4) is 11.5 Å². The first-order valence-corrected chi connectivity index (χ1v) is 8.11. The van der Waals surface area contributed by atoms with Crippen LogP contribution in [0.4, 0.5) is 0 Å². The van der Waals surface area contributed by atoms with Crippen molar-refractivity contribution in [3.05, 3.63) is 71.8 Å². The average molecular weight is 302 g/mol. The lowest BCUT2D eigenvalue weighted by Gasteiger charge is -2.41. The van der Waals surface area contributed by atoms with Gasteiger partial charge in [-0.05, 0) is 36.8 Å². The Morgan fingerprint density at radius 1 is 0.826 bits per heavy atom. The molecule has 0 fully saturated rings. The summed E-state index contributed by atoms with van der Waals surface area (Å²) in [4.78, 5) is 0. The summed E-state index contributed by atoms with van der Waals surface area (Å²) in [5.41, 5.74) is 2.12. The molecular formula is C21H18O2. The van der Waals surface area contributed by atoms with E-state index in [1.807, 2.05) is 12.1 Å². The first-order chi connectivity index (χ1) is 11.1. The van der Waals surface area contributed by atoms with Gasteiger partial charge in [-0.3, -0.25) is 0 Å². The van der Waals surface area contributed by atoms with Crippen molar-refractivity contribution < 1.29 is 9.47 Å². The number of para-hydroxylation sites is 1. The van der Waals surface area contributed by atoms with Gasteiger partial charge in [-0.2, -0.15) is 0 Å². The lowest BCUT2D eigenvalue weighted by molar-refractivity contribution is 0.0133. The van der Waals surface area contributed by atoms with Crippen LogP contribution in [0, 0.1) is 0 Å². The van der Waals surface area contributed by atoms with Gasteiger partial charge in [-0.1, -0.05) is 48.5 Å². The van der Waals surface area contributed by atoms with Crippen molar-refractivity contribution in [2.75, 3.05) is 0 Å². The molecule has 0 bridgehead atoms. The van der Waals surface area contributed by atoms with Crippen molar-refractivity contribution in [2.24, 2.45) is 0 Å². The molecule has 0 spiro atoms. The van der Waals surface area contributed by atoms with Gasteiger partial charge in [0.25, 0.3) is 0 Å². The zero-order chi connectivity index (χ0) is 15.6. The first kappa shape index (κ1) is 13.0. The maximum atomic E-state index is 6.40. The molecule has 2 heteroatoms. The van der Waals surface area contributed by atoms with Crippen molar-refractivity contribution in [1.82, 2.24) is 0 Å². The Balaban J connectivity index is 1.80. The van der Waals surface area contributed by atoms with Gasteiger partial charge >= 0.3 is 0 Å². The Bertz CT molecular complexity index is 926. The van der Waals surface area contributed by atoms with E-state index in [-0.39, 0.29) is 17.6 Å². The summed E-state index contributed by atoms with van der Waals surface area (Å²) in [5, 5.41) is 2.53. The van der Waals surface area contributed by atoms with E-state index in [0.29, 0.717) is 0 Å². The molecule has 2 atom stereocenters. The summed E-state index contributed by atoms with van der Waals surface area (Å²) in [5.74, 6) is 2.13. The van der Waals surface area contributed by atoms with E-state index in [4.69, 9.17) is 9.47 Å². The third-order valence-corrected chi connectivity index (χ3v) is 5.15. The third-order valence-electron chi connectivity index (χ3n) is 5.15. The quantitative estimate of drug-likeness (QED) is 0.566. The monoisotopic (exact) mass is 302 g/mol. The lowest BCUT2D eigenvalue weighted by Crippen LogP contribution is -2.42. The molecule has 2 heterocycles. The summed E-state index contributed by atoms with van der Waals surface area (Å²) in [6.45, 7) is 4.34. The zero-order valence-corrected chi connectivity index (χ0v) is 13.2. The van der Waals surface area contributed by atoms with Crippen molar-refractivity contribution in [2.45, 2.75) is 31.5 Å². The highest BCUT2D eigenvalue weighted by atomic mass is 16.5. The molecule has 2 nitrogen and oxygen atoms in total. The Morgan fingerprint density at radius 2 is 1.61 bits per heavy atom. The molecule has 0 saturated carbocycles. The average Bonchev–Trinajstić information content (AvgIpc) is 2.96. The second kappa shape index (κ2) is 4.29. The van der Waals surface area contributed by atoms with Crippen LogP contribution in [0.25, 0.3) is 10.8 Å². The molecule has 0 unspecified atom stereocenters. The number of fused-ring (bicyclic) bond motifs is 7. The minimum absolute atomic E-state index is 0.0238. The zero-order valence-electron chi connectivity index (χ0n) is 13.2. The fraction of sp³-hybridized carbons (Fsp3) is 0.238. The summed E-state index contributed by atoms with van der Waals surface area (Å²) in [7, 11) is 0. The van der Waals surface area contributed by atoms with E-state index in [0.717, 1.165) is 17.1 Å². The van der Waals surface area contributed by atoms with Gasteiger partial charge in [0.15, 0.2) is 0 Å². The highest BCUT2D eigenvalue weighted by Crippen LogP contribution is 2.58. The summed E-state index contributed by atoms with van der Waals surface area (Å²) in [6, 6.07) is 21.0. The van der Waals surface area contributed by atoms with E-state index in [2.05, 4.69) is 62.4 Å². The third kappa shape index (κ3) is 1.69. The van der Waals surface area contributed by atoms with Gasteiger partial charge in [0.2, 0.25) is 0 Å². The summed E-state index contributed by atoms with van der Waals surface area (Å²) < 4.78 is 12.8. The maximum absolute atomic E-state index is 6.40. The standard InChI is InChI=1S/C21H18O2/c1-21(2)19-18-14-8-4-3-7-13(14)11-12-17(18)22-20(19)15-9-5-6-10-16(15)23-21/h3-12,19-20H,1-2H3/t19-,20-/m1/s1.